The number of fused-ring (bicyclic) bond motifs is 1. The van der Waals surface area contributed by atoms with E-state index in [1.165, 1.54) is 11.1 Å². The van der Waals surface area contributed by atoms with Crippen LogP contribution in [0.2, 0.25) is 0 Å². The van der Waals surface area contributed by atoms with Gasteiger partial charge < -0.3 is 4.90 Å². The molecule has 25 heavy (non-hydrogen) atoms. The van der Waals surface area contributed by atoms with E-state index in [4.69, 9.17) is 0 Å². The molecule has 2 aromatic heterocycles. The summed E-state index contributed by atoms with van der Waals surface area (Å²) >= 11 is 0. The first-order chi connectivity index (χ1) is 12.2. The molecule has 1 fully saturated rings. The highest BCUT2D eigenvalue weighted by Gasteiger charge is 2.24. The van der Waals surface area contributed by atoms with E-state index >= 15 is 0 Å². The Morgan fingerprint density at radius 2 is 2.00 bits per heavy atom. The molecule has 0 atom stereocenters. The second kappa shape index (κ2) is 6.64. The van der Waals surface area contributed by atoms with E-state index in [-0.39, 0.29) is 5.91 Å². The van der Waals surface area contributed by atoms with Crippen LogP contribution in [0.25, 0.3) is 5.65 Å². The Hall–Kier alpha value is -2.73. The van der Waals surface area contributed by atoms with E-state index in [0.29, 0.717) is 11.2 Å². The van der Waals surface area contributed by atoms with Crippen molar-refractivity contribution in [2.24, 2.45) is 0 Å². The Kier molecular flexibility index (Phi) is 4.19. The first kappa shape index (κ1) is 15.8. The largest absolute Gasteiger partial charge is 0.336 e. The predicted octanol–water partition coefficient (Wildman–Crippen LogP) is 2.00. The number of carbonyl (C=O) groups excluding carboxylic acids is 1. The number of hydrogen-bond donors (Lipinski definition) is 0. The molecule has 0 aliphatic carbocycles. The van der Waals surface area contributed by atoms with E-state index in [1.807, 2.05) is 4.90 Å². The molecule has 1 aromatic carbocycles. The van der Waals surface area contributed by atoms with E-state index in [1.54, 1.807) is 29.2 Å². The topological polar surface area (TPSA) is 53.7 Å². The lowest BCUT2D eigenvalue weighted by Crippen LogP contribution is -2.48. The maximum absolute atomic E-state index is 12.8. The maximum Gasteiger partial charge on any atom is 0.259 e. The number of carbonyl (C=O) groups is 1. The molecule has 1 aliphatic rings. The average molecular weight is 335 g/mol. The minimum absolute atomic E-state index is 0.0175. The van der Waals surface area contributed by atoms with Crippen molar-refractivity contribution in [1.29, 1.82) is 0 Å². The van der Waals surface area contributed by atoms with Crippen LogP contribution in [0, 0.1) is 6.92 Å². The third-order valence-corrected chi connectivity index (χ3v) is 4.66. The second-order valence-electron chi connectivity index (χ2n) is 6.50. The SMILES string of the molecule is Cc1cccc(CN2CCN(C(=O)c3cnn4cccnc34)CC2)c1. The van der Waals surface area contributed by atoms with Gasteiger partial charge in [-0.2, -0.15) is 5.10 Å². The highest BCUT2D eigenvalue weighted by Crippen LogP contribution is 2.14. The minimum Gasteiger partial charge on any atom is -0.336 e. The van der Waals surface area contributed by atoms with Crippen molar-refractivity contribution in [3.63, 3.8) is 0 Å². The van der Waals surface area contributed by atoms with Crippen molar-refractivity contribution >= 4 is 11.6 Å². The zero-order valence-electron chi connectivity index (χ0n) is 14.3. The fourth-order valence-electron chi connectivity index (χ4n) is 3.33. The van der Waals surface area contributed by atoms with Crippen molar-refractivity contribution in [3.05, 3.63) is 65.6 Å². The zero-order chi connectivity index (χ0) is 17.2. The number of benzene rings is 1. The molecule has 0 spiro atoms. The van der Waals surface area contributed by atoms with E-state index in [9.17, 15) is 4.79 Å². The summed E-state index contributed by atoms with van der Waals surface area (Å²) in [5.41, 5.74) is 3.81. The molecule has 1 saturated heterocycles. The summed E-state index contributed by atoms with van der Waals surface area (Å²) in [6.45, 7) is 6.27. The summed E-state index contributed by atoms with van der Waals surface area (Å²) in [5, 5.41) is 4.21. The fraction of sp³-hybridized carbons (Fsp3) is 0.316. The third kappa shape index (κ3) is 3.25. The zero-order valence-corrected chi connectivity index (χ0v) is 14.3. The quantitative estimate of drug-likeness (QED) is 0.735. The molecule has 0 bridgehead atoms. The van der Waals surface area contributed by atoms with Gasteiger partial charge in [0.15, 0.2) is 5.65 Å². The Labute approximate surface area is 146 Å². The van der Waals surface area contributed by atoms with Crippen LogP contribution in [0.4, 0.5) is 0 Å². The third-order valence-electron chi connectivity index (χ3n) is 4.66. The second-order valence-corrected chi connectivity index (χ2v) is 6.50. The van der Waals surface area contributed by atoms with Gasteiger partial charge in [-0.15, -0.1) is 0 Å². The molecule has 3 heterocycles. The van der Waals surface area contributed by atoms with Gasteiger partial charge in [0, 0.05) is 45.1 Å². The van der Waals surface area contributed by atoms with Crippen molar-refractivity contribution in [1.82, 2.24) is 24.4 Å². The van der Waals surface area contributed by atoms with E-state index in [2.05, 4.69) is 46.2 Å². The highest BCUT2D eigenvalue weighted by atomic mass is 16.2. The van der Waals surface area contributed by atoms with Gasteiger partial charge in [0.2, 0.25) is 0 Å². The van der Waals surface area contributed by atoms with E-state index in [0.717, 1.165) is 32.7 Å². The van der Waals surface area contributed by atoms with Crippen LogP contribution < -0.4 is 0 Å². The summed E-state index contributed by atoms with van der Waals surface area (Å²) < 4.78 is 1.64. The van der Waals surface area contributed by atoms with Gasteiger partial charge in [-0.3, -0.25) is 9.69 Å². The number of aromatic nitrogens is 3. The lowest BCUT2D eigenvalue weighted by molar-refractivity contribution is 0.0630. The average Bonchev–Trinajstić information content (AvgIpc) is 3.06. The molecule has 0 radical (unpaired) electrons. The van der Waals surface area contributed by atoms with Gasteiger partial charge in [-0.25, -0.2) is 9.50 Å². The Balaban J connectivity index is 1.40. The molecule has 3 aromatic rings. The van der Waals surface area contributed by atoms with Gasteiger partial charge in [0.1, 0.15) is 5.56 Å². The molecule has 6 nitrogen and oxygen atoms in total. The predicted molar refractivity (Wildman–Crippen MR) is 95.3 cm³/mol. The number of nitrogens with zero attached hydrogens (tertiary/aromatic N) is 5. The van der Waals surface area contributed by atoms with Crippen molar-refractivity contribution in [2.75, 3.05) is 26.2 Å². The Morgan fingerprint density at radius 1 is 1.16 bits per heavy atom. The minimum atomic E-state index is 0.0175. The maximum atomic E-state index is 12.8. The van der Waals surface area contributed by atoms with Crippen LogP contribution in [0.15, 0.2) is 48.9 Å². The van der Waals surface area contributed by atoms with Gasteiger partial charge in [-0.05, 0) is 18.6 Å². The normalized spacial score (nSPS) is 15.6. The molecule has 0 N–H and O–H groups in total. The molecule has 1 aliphatic heterocycles. The lowest BCUT2D eigenvalue weighted by Gasteiger charge is -2.34. The molecule has 0 unspecified atom stereocenters. The summed E-state index contributed by atoms with van der Waals surface area (Å²) in [5.74, 6) is 0.0175. The Bertz CT molecular complexity index is 895. The van der Waals surface area contributed by atoms with Gasteiger partial charge in [0.05, 0.1) is 6.20 Å². The molecule has 1 amide bonds. The number of rotatable bonds is 3. The summed E-state index contributed by atoms with van der Waals surface area (Å²) in [6, 6.07) is 10.4. The molecule has 4 rings (SSSR count). The summed E-state index contributed by atoms with van der Waals surface area (Å²) in [4.78, 5) is 21.4. The molecular weight excluding hydrogens is 314 g/mol. The van der Waals surface area contributed by atoms with Crippen LogP contribution in [-0.2, 0) is 6.54 Å². The van der Waals surface area contributed by atoms with Crippen LogP contribution in [-0.4, -0.2) is 56.5 Å². The number of piperazine rings is 1. The lowest BCUT2D eigenvalue weighted by atomic mass is 10.1. The first-order valence-corrected chi connectivity index (χ1v) is 8.56. The van der Waals surface area contributed by atoms with Crippen molar-refractivity contribution in [3.8, 4) is 0 Å². The van der Waals surface area contributed by atoms with Crippen LogP contribution in [0.1, 0.15) is 21.5 Å². The standard InChI is InChI=1S/C19H21N5O/c1-15-4-2-5-16(12-15)14-22-8-10-23(11-9-22)19(25)17-13-21-24-7-3-6-20-18(17)24/h2-7,12-13H,8-11,14H2,1H3. The van der Waals surface area contributed by atoms with Gasteiger partial charge in [0.25, 0.3) is 5.91 Å². The first-order valence-electron chi connectivity index (χ1n) is 8.56. The fourth-order valence-corrected chi connectivity index (χ4v) is 3.33. The molecule has 0 saturated carbocycles. The van der Waals surface area contributed by atoms with Gasteiger partial charge in [-0.1, -0.05) is 29.8 Å². The molecular formula is C19H21N5O. The molecule has 6 heteroatoms. The molecule has 128 valence electrons. The van der Waals surface area contributed by atoms with Crippen LogP contribution in [0.3, 0.4) is 0 Å². The van der Waals surface area contributed by atoms with Crippen LogP contribution in [0.5, 0.6) is 0 Å². The summed E-state index contributed by atoms with van der Waals surface area (Å²) in [6.07, 6.45) is 5.11. The Morgan fingerprint density at radius 3 is 2.80 bits per heavy atom. The van der Waals surface area contributed by atoms with Crippen molar-refractivity contribution in [2.45, 2.75) is 13.5 Å². The number of amides is 1. The van der Waals surface area contributed by atoms with Crippen molar-refractivity contribution < 1.29 is 4.79 Å². The number of hydrogen-bond acceptors (Lipinski definition) is 4. The van der Waals surface area contributed by atoms with Crippen LogP contribution >= 0.6 is 0 Å². The van der Waals surface area contributed by atoms with E-state index < -0.39 is 0 Å². The summed E-state index contributed by atoms with van der Waals surface area (Å²) in [7, 11) is 0. The van der Waals surface area contributed by atoms with Gasteiger partial charge >= 0.3 is 0 Å². The number of aryl methyl sites for hydroxylation is 1. The highest BCUT2D eigenvalue weighted by molar-refractivity contribution is 5.99. The smallest absolute Gasteiger partial charge is 0.259 e. The monoisotopic (exact) mass is 335 g/mol.